The SMILES string of the molecule is CCOc1cc(/C=C2\SC(=O)N(Cc3ccc(F)cc3)C2=O)cc(I)c1OS(=O)(=O)c1ccc(NC(C)=O)cc1. The molecular weight excluding hydrogens is 674 g/mol. The molecule has 0 bridgehead atoms. The van der Waals surface area contributed by atoms with Gasteiger partial charge in [0, 0.05) is 12.6 Å². The molecule has 0 aromatic heterocycles. The lowest BCUT2D eigenvalue weighted by Crippen LogP contribution is -2.27. The number of hydrogen-bond donors (Lipinski definition) is 1. The second-order valence-electron chi connectivity index (χ2n) is 8.40. The molecule has 3 aromatic carbocycles. The van der Waals surface area contributed by atoms with Gasteiger partial charge in [0.1, 0.15) is 10.7 Å². The minimum atomic E-state index is -4.26. The van der Waals surface area contributed by atoms with Crippen LogP contribution in [0.4, 0.5) is 14.9 Å². The van der Waals surface area contributed by atoms with Crippen LogP contribution < -0.4 is 14.2 Å². The number of carbonyl (C=O) groups is 3. The summed E-state index contributed by atoms with van der Waals surface area (Å²) < 4.78 is 50.7. The highest BCUT2D eigenvalue weighted by molar-refractivity contribution is 14.1. The van der Waals surface area contributed by atoms with E-state index in [9.17, 15) is 27.2 Å². The van der Waals surface area contributed by atoms with Crippen LogP contribution in [0, 0.1) is 9.39 Å². The first-order valence-corrected chi connectivity index (χ1v) is 15.1. The molecule has 4 rings (SSSR count). The molecule has 208 valence electrons. The van der Waals surface area contributed by atoms with Gasteiger partial charge >= 0.3 is 10.1 Å². The van der Waals surface area contributed by atoms with E-state index >= 15 is 0 Å². The first kappa shape index (κ1) is 29.6. The molecule has 1 aliphatic heterocycles. The van der Waals surface area contributed by atoms with Gasteiger partial charge in [-0.05, 0) is 107 Å². The topological polar surface area (TPSA) is 119 Å². The van der Waals surface area contributed by atoms with Crippen LogP contribution in [0.1, 0.15) is 25.0 Å². The number of thioether (sulfide) groups is 1. The molecule has 1 fully saturated rings. The van der Waals surface area contributed by atoms with Gasteiger partial charge in [-0.1, -0.05) is 12.1 Å². The van der Waals surface area contributed by atoms with Gasteiger partial charge in [0.25, 0.3) is 11.1 Å². The molecule has 0 atom stereocenters. The molecule has 9 nitrogen and oxygen atoms in total. The Hall–Kier alpha value is -3.43. The lowest BCUT2D eigenvalue weighted by molar-refractivity contribution is -0.123. The monoisotopic (exact) mass is 696 g/mol. The Bertz CT molecular complexity index is 1610. The third-order valence-electron chi connectivity index (χ3n) is 5.41. The summed E-state index contributed by atoms with van der Waals surface area (Å²) in [5.74, 6) is -1.12. The third-order valence-corrected chi connectivity index (χ3v) is 8.36. The molecule has 0 aliphatic carbocycles. The van der Waals surface area contributed by atoms with Gasteiger partial charge in [0.2, 0.25) is 5.91 Å². The Morgan fingerprint density at radius 3 is 2.40 bits per heavy atom. The first-order chi connectivity index (χ1) is 19.0. The standard InChI is InChI=1S/C27H22FIN2O7S2/c1-3-37-23-13-18(14-24-26(33)31(27(34)39-24)15-17-4-6-19(28)7-5-17)12-22(29)25(23)38-40(35,36)21-10-8-20(9-11-21)30-16(2)32/h4-14H,3,15H2,1-2H3,(H,30,32)/b24-14-. The highest BCUT2D eigenvalue weighted by Gasteiger charge is 2.35. The van der Waals surface area contributed by atoms with Gasteiger partial charge in [0.15, 0.2) is 11.5 Å². The summed E-state index contributed by atoms with van der Waals surface area (Å²) in [6.07, 6.45) is 1.51. The van der Waals surface area contributed by atoms with Gasteiger partial charge in [-0.15, -0.1) is 0 Å². The van der Waals surface area contributed by atoms with Gasteiger partial charge in [-0.2, -0.15) is 8.42 Å². The number of rotatable bonds is 9. The average molecular weight is 697 g/mol. The summed E-state index contributed by atoms with van der Waals surface area (Å²) >= 11 is 2.67. The predicted molar refractivity (Wildman–Crippen MR) is 157 cm³/mol. The zero-order valence-corrected chi connectivity index (χ0v) is 24.9. The van der Waals surface area contributed by atoms with E-state index < -0.39 is 27.1 Å². The zero-order chi connectivity index (χ0) is 29.0. The van der Waals surface area contributed by atoms with Crippen LogP contribution in [0.5, 0.6) is 11.5 Å². The summed E-state index contributed by atoms with van der Waals surface area (Å²) in [6, 6.07) is 14.1. The number of nitrogens with zero attached hydrogens (tertiary/aromatic N) is 1. The largest absolute Gasteiger partial charge is 0.490 e. The summed E-state index contributed by atoms with van der Waals surface area (Å²) in [5.41, 5.74) is 1.53. The van der Waals surface area contributed by atoms with Crippen molar-refractivity contribution in [2.24, 2.45) is 0 Å². The van der Waals surface area contributed by atoms with Crippen LogP contribution in [0.2, 0.25) is 0 Å². The number of hydrogen-bond acceptors (Lipinski definition) is 8. The zero-order valence-electron chi connectivity index (χ0n) is 21.1. The first-order valence-electron chi connectivity index (χ1n) is 11.7. The highest BCUT2D eigenvalue weighted by Crippen LogP contribution is 2.39. The summed E-state index contributed by atoms with van der Waals surface area (Å²) in [6.45, 7) is 3.27. The number of imide groups is 1. The van der Waals surface area contributed by atoms with Gasteiger partial charge in [0.05, 0.1) is 21.6 Å². The van der Waals surface area contributed by atoms with Gasteiger partial charge in [-0.25, -0.2) is 4.39 Å². The van der Waals surface area contributed by atoms with Crippen LogP contribution >= 0.6 is 34.4 Å². The van der Waals surface area contributed by atoms with Crippen molar-refractivity contribution in [3.05, 3.63) is 86.1 Å². The minimum Gasteiger partial charge on any atom is -0.490 e. The number of anilines is 1. The van der Waals surface area contributed by atoms with Crippen molar-refractivity contribution in [3.8, 4) is 11.5 Å². The molecule has 3 amide bonds. The number of carbonyl (C=O) groups excluding carboxylic acids is 3. The van der Waals surface area contributed by atoms with E-state index in [1.807, 2.05) is 22.6 Å². The maximum Gasteiger partial charge on any atom is 0.339 e. The second-order valence-corrected chi connectivity index (χ2v) is 12.1. The summed E-state index contributed by atoms with van der Waals surface area (Å²) in [5, 5.41) is 2.10. The summed E-state index contributed by atoms with van der Waals surface area (Å²) in [4.78, 5) is 37.8. The second kappa shape index (κ2) is 12.4. The van der Waals surface area contributed by atoms with Crippen LogP contribution in [0.25, 0.3) is 6.08 Å². The fourth-order valence-corrected chi connectivity index (χ4v) is 6.32. The van der Waals surface area contributed by atoms with Crippen LogP contribution in [-0.2, 0) is 26.3 Å². The van der Waals surface area contributed by atoms with Crippen molar-refractivity contribution >= 4 is 73.3 Å². The molecule has 3 aromatic rings. The molecule has 40 heavy (non-hydrogen) atoms. The maximum atomic E-state index is 13.2. The van der Waals surface area contributed by atoms with E-state index in [1.165, 1.54) is 67.6 Å². The van der Waals surface area contributed by atoms with Crippen molar-refractivity contribution < 1.29 is 36.1 Å². The van der Waals surface area contributed by atoms with E-state index in [0.717, 1.165) is 16.7 Å². The molecule has 0 unspecified atom stereocenters. The van der Waals surface area contributed by atoms with E-state index in [4.69, 9.17) is 8.92 Å². The highest BCUT2D eigenvalue weighted by atomic mass is 127. The fraction of sp³-hybridized carbons (Fsp3) is 0.148. The molecule has 1 N–H and O–H groups in total. The van der Waals surface area contributed by atoms with Crippen molar-refractivity contribution in [1.29, 1.82) is 0 Å². The van der Waals surface area contributed by atoms with Crippen LogP contribution in [0.15, 0.2) is 70.5 Å². The van der Waals surface area contributed by atoms with Crippen LogP contribution in [0.3, 0.4) is 0 Å². The molecule has 0 radical (unpaired) electrons. The number of ether oxygens (including phenoxy) is 1. The Balaban J connectivity index is 1.58. The number of amides is 3. The van der Waals surface area contributed by atoms with E-state index in [1.54, 1.807) is 13.0 Å². The molecule has 13 heteroatoms. The van der Waals surface area contributed by atoms with E-state index in [2.05, 4.69) is 5.32 Å². The Kier molecular flexibility index (Phi) is 9.15. The number of benzene rings is 3. The van der Waals surface area contributed by atoms with Crippen molar-refractivity contribution in [2.75, 3.05) is 11.9 Å². The third kappa shape index (κ3) is 7.01. The Morgan fingerprint density at radius 2 is 1.77 bits per heavy atom. The van der Waals surface area contributed by atoms with E-state index in [0.29, 0.717) is 20.4 Å². The number of halogens is 2. The van der Waals surface area contributed by atoms with Crippen molar-refractivity contribution in [1.82, 2.24) is 4.90 Å². The van der Waals surface area contributed by atoms with E-state index in [-0.39, 0.29) is 40.4 Å². The molecule has 0 saturated carbocycles. The van der Waals surface area contributed by atoms with Crippen molar-refractivity contribution in [3.63, 3.8) is 0 Å². The lowest BCUT2D eigenvalue weighted by atomic mass is 10.1. The molecule has 0 spiro atoms. The predicted octanol–water partition coefficient (Wildman–Crippen LogP) is 5.79. The Labute approximate surface area is 248 Å². The normalized spacial score (nSPS) is 14.5. The Morgan fingerprint density at radius 1 is 1.10 bits per heavy atom. The molecular formula is C27H22FIN2O7S2. The summed E-state index contributed by atoms with van der Waals surface area (Å²) in [7, 11) is -4.26. The molecule has 1 saturated heterocycles. The number of nitrogens with one attached hydrogen (secondary N) is 1. The van der Waals surface area contributed by atoms with Gasteiger partial charge < -0.3 is 14.2 Å². The smallest absolute Gasteiger partial charge is 0.339 e. The average Bonchev–Trinajstić information content (AvgIpc) is 3.14. The maximum absolute atomic E-state index is 13.2. The molecule has 1 heterocycles. The minimum absolute atomic E-state index is 0.000445. The van der Waals surface area contributed by atoms with Crippen LogP contribution in [-0.4, -0.2) is 37.0 Å². The quantitative estimate of drug-likeness (QED) is 0.170. The fourth-order valence-electron chi connectivity index (χ4n) is 3.64. The van der Waals surface area contributed by atoms with Gasteiger partial charge in [-0.3, -0.25) is 19.3 Å². The van der Waals surface area contributed by atoms with Crippen molar-refractivity contribution in [2.45, 2.75) is 25.3 Å². The lowest BCUT2D eigenvalue weighted by Gasteiger charge is -2.15. The molecule has 1 aliphatic rings.